The molecule has 3 rings (SSSR count). The summed E-state index contributed by atoms with van der Waals surface area (Å²) < 4.78 is 7.32. The molecule has 0 spiro atoms. The second-order valence-electron chi connectivity index (χ2n) is 6.67. The van der Waals surface area contributed by atoms with Crippen molar-refractivity contribution >= 4 is 17.6 Å². The number of carbonyl (C=O) groups is 1. The quantitative estimate of drug-likeness (QED) is 0.602. The van der Waals surface area contributed by atoms with Gasteiger partial charge in [-0.25, -0.2) is 0 Å². The van der Waals surface area contributed by atoms with Gasteiger partial charge in [-0.05, 0) is 12.5 Å². The molecule has 1 aromatic carbocycles. The van der Waals surface area contributed by atoms with E-state index < -0.39 is 0 Å². The number of ether oxygens (including phenoxy) is 1. The van der Waals surface area contributed by atoms with Crippen LogP contribution in [0.15, 0.2) is 47.7 Å². The Balaban J connectivity index is 1.68. The minimum absolute atomic E-state index is 0.0382. The molecule has 1 aliphatic rings. The lowest BCUT2D eigenvalue weighted by Gasteiger charge is -2.35. The summed E-state index contributed by atoms with van der Waals surface area (Å²) in [6.45, 7) is 4.83. The van der Waals surface area contributed by atoms with Gasteiger partial charge < -0.3 is 19.9 Å². The summed E-state index contributed by atoms with van der Waals surface area (Å²) in [5, 5.41) is 7.45. The average molecular weight is 384 g/mol. The lowest BCUT2D eigenvalue weighted by molar-refractivity contribution is -0.120. The summed E-state index contributed by atoms with van der Waals surface area (Å²) in [7, 11) is 3.54. The third-order valence-electron chi connectivity index (χ3n) is 4.72. The number of anilines is 1. The minimum Gasteiger partial charge on any atom is -0.375 e. The Kier molecular flexibility index (Phi) is 6.65. The van der Waals surface area contributed by atoms with Crippen molar-refractivity contribution in [2.45, 2.75) is 13.0 Å². The van der Waals surface area contributed by atoms with Crippen LogP contribution in [0.3, 0.4) is 0 Å². The van der Waals surface area contributed by atoms with Crippen molar-refractivity contribution < 1.29 is 9.53 Å². The van der Waals surface area contributed by atoms with E-state index in [4.69, 9.17) is 9.73 Å². The number of methoxy groups -OCH3 is 1. The van der Waals surface area contributed by atoms with E-state index in [0.717, 1.165) is 23.8 Å². The predicted octanol–water partition coefficient (Wildman–Crippen LogP) is 1.42. The van der Waals surface area contributed by atoms with Crippen molar-refractivity contribution in [1.82, 2.24) is 20.0 Å². The maximum Gasteiger partial charge on any atom is 0.246 e. The molecule has 0 aliphatic carbocycles. The van der Waals surface area contributed by atoms with Gasteiger partial charge in [-0.3, -0.25) is 14.5 Å². The normalized spacial score (nSPS) is 16.4. The third kappa shape index (κ3) is 4.69. The van der Waals surface area contributed by atoms with Gasteiger partial charge in [0.2, 0.25) is 5.91 Å². The number of amides is 1. The Morgan fingerprint density at radius 2 is 2.11 bits per heavy atom. The van der Waals surface area contributed by atoms with Crippen LogP contribution in [0.5, 0.6) is 0 Å². The van der Waals surface area contributed by atoms with Gasteiger partial charge in [0.25, 0.3) is 0 Å². The van der Waals surface area contributed by atoms with Gasteiger partial charge >= 0.3 is 0 Å². The fourth-order valence-electron chi connectivity index (χ4n) is 3.25. The first-order valence-corrected chi connectivity index (χ1v) is 9.52. The molecule has 8 heteroatoms. The van der Waals surface area contributed by atoms with Crippen LogP contribution in [0.1, 0.15) is 18.6 Å². The highest BCUT2D eigenvalue weighted by atomic mass is 16.5. The third-order valence-corrected chi connectivity index (χ3v) is 4.72. The summed E-state index contributed by atoms with van der Waals surface area (Å²) >= 11 is 0. The standard InChI is InChI=1S/C20H28N6O2/c1-4-21-20(22-13-18(28-3)16-8-6-5-7-9-16)25-10-11-26(19(27)15-25)17-12-23-24(2)14-17/h5-9,12,14,18H,4,10-11,13,15H2,1-3H3,(H,21,22). The number of hydrogen-bond acceptors (Lipinski definition) is 4. The molecule has 8 nitrogen and oxygen atoms in total. The second kappa shape index (κ2) is 9.36. The zero-order valence-electron chi connectivity index (χ0n) is 16.7. The molecule has 2 aromatic rings. The molecule has 1 aliphatic heterocycles. The smallest absolute Gasteiger partial charge is 0.246 e. The van der Waals surface area contributed by atoms with Crippen LogP contribution in [-0.2, 0) is 16.6 Å². The van der Waals surface area contributed by atoms with Crippen molar-refractivity contribution in [2.24, 2.45) is 12.0 Å². The number of aliphatic imine (C=N–C) groups is 1. The lowest BCUT2D eigenvalue weighted by Crippen LogP contribution is -2.55. The van der Waals surface area contributed by atoms with Crippen molar-refractivity contribution in [1.29, 1.82) is 0 Å². The van der Waals surface area contributed by atoms with E-state index in [-0.39, 0.29) is 18.6 Å². The molecule has 150 valence electrons. The number of guanidine groups is 1. The highest BCUT2D eigenvalue weighted by molar-refractivity contribution is 5.98. The van der Waals surface area contributed by atoms with Gasteiger partial charge in [0.15, 0.2) is 5.96 Å². The van der Waals surface area contributed by atoms with Crippen LogP contribution >= 0.6 is 0 Å². The molecule has 1 aromatic heterocycles. The summed E-state index contributed by atoms with van der Waals surface area (Å²) in [5.41, 5.74) is 1.92. The topological polar surface area (TPSA) is 75.0 Å². The van der Waals surface area contributed by atoms with Gasteiger partial charge in [-0.2, -0.15) is 5.10 Å². The molecule has 1 fully saturated rings. The SMILES string of the molecule is CCNC(=NCC(OC)c1ccccc1)N1CCN(c2cnn(C)c2)C(=O)C1. The average Bonchev–Trinajstić information content (AvgIpc) is 3.14. The highest BCUT2D eigenvalue weighted by Crippen LogP contribution is 2.18. The van der Waals surface area contributed by atoms with Crippen molar-refractivity contribution in [3.63, 3.8) is 0 Å². The number of piperazine rings is 1. The van der Waals surface area contributed by atoms with Gasteiger partial charge in [0.05, 0.1) is 18.4 Å². The zero-order chi connectivity index (χ0) is 19.9. The molecule has 1 saturated heterocycles. The van der Waals surface area contributed by atoms with E-state index in [0.29, 0.717) is 19.6 Å². The lowest BCUT2D eigenvalue weighted by atomic mass is 10.1. The summed E-state index contributed by atoms with van der Waals surface area (Å²) in [6.07, 6.45) is 3.45. The van der Waals surface area contributed by atoms with Crippen LogP contribution < -0.4 is 10.2 Å². The molecule has 1 atom stereocenters. The van der Waals surface area contributed by atoms with E-state index in [1.54, 1.807) is 22.9 Å². The first-order chi connectivity index (χ1) is 13.6. The Morgan fingerprint density at radius 1 is 1.32 bits per heavy atom. The number of nitrogens with zero attached hydrogens (tertiary/aromatic N) is 5. The molecule has 28 heavy (non-hydrogen) atoms. The number of carbonyl (C=O) groups excluding carboxylic acids is 1. The van der Waals surface area contributed by atoms with Crippen LogP contribution in [0.4, 0.5) is 5.69 Å². The molecular weight excluding hydrogens is 356 g/mol. The van der Waals surface area contributed by atoms with Crippen molar-refractivity contribution in [2.75, 3.05) is 44.7 Å². The zero-order valence-corrected chi connectivity index (χ0v) is 16.7. The fraction of sp³-hybridized carbons (Fsp3) is 0.450. The van der Waals surface area contributed by atoms with E-state index in [1.165, 1.54) is 0 Å². The molecule has 0 bridgehead atoms. The molecule has 2 heterocycles. The predicted molar refractivity (Wildman–Crippen MR) is 109 cm³/mol. The molecule has 0 saturated carbocycles. The number of aryl methyl sites for hydroxylation is 1. The van der Waals surface area contributed by atoms with Gasteiger partial charge in [0.1, 0.15) is 12.6 Å². The summed E-state index contributed by atoms with van der Waals surface area (Å²) in [6, 6.07) is 10.0. The molecular formula is C20H28N6O2. The number of rotatable bonds is 6. The number of hydrogen-bond donors (Lipinski definition) is 1. The molecule has 1 N–H and O–H groups in total. The van der Waals surface area contributed by atoms with E-state index >= 15 is 0 Å². The molecule has 1 amide bonds. The van der Waals surface area contributed by atoms with E-state index in [2.05, 4.69) is 10.4 Å². The molecule has 0 radical (unpaired) electrons. The number of nitrogens with one attached hydrogen (secondary N) is 1. The first kappa shape index (κ1) is 19.9. The largest absolute Gasteiger partial charge is 0.375 e. The first-order valence-electron chi connectivity index (χ1n) is 9.52. The second-order valence-corrected chi connectivity index (χ2v) is 6.67. The Bertz CT molecular complexity index is 804. The van der Waals surface area contributed by atoms with Crippen LogP contribution in [-0.4, -0.2) is 66.4 Å². The monoisotopic (exact) mass is 384 g/mol. The Hall–Kier alpha value is -2.87. The van der Waals surface area contributed by atoms with Crippen LogP contribution in [0, 0.1) is 0 Å². The van der Waals surface area contributed by atoms with Gasteiger partial charge in [-0.15, -0.1) is 0 Å². The highest BCUT2D eigenvalue weighted by Gasteiger charge is 2.27. The minimum atomic E-state index is -0.123. The van der Waals surface area contributed by atoms with E-state index in [9.17, 15) is 4.79 Å². The van der Waals surface area contributed by atoms with Crippen LogP contribution in [0.2, 0.25) is 0 Å². The van der Waals surface area contributed by atoms with Gasteiger partial charge in [-0.1, -0.05) is 30.3 Å². The maximum absolute atomic E-state index is 12.7. The summed E-state index contributed by atoms with van der Waals surface area (Å²) in [4.78, 5) is 21.2. The fourth-order valence-corrected chi connectivity index (χ4v) is 3.25. The van der Waals surface area contributed by atoms with Crippen LogP contribution in [0.25, 0.3) is 0 Å². The van der Waals surface area contributed by atoms with Gasteiger partial charge in [0, 0.05) is 40.0 Å². The number of aromatic nitrogens is 2. The van der Waals surface area contributed by atoms with Crippen molar-refractivity contribution in [3.05, 3.63) is 48.3 Å². The Morgan fingerprint density at radius 3 is 2.71 bits per heavy atom. The summed E-state index contributed by atoms with van der Waals surface area (Å²) in [5.74, 6) is 0.774. The maximum atomic E-state index is 12.7. The Labute approximate surface area is 165 Å². The number of benzene rings is 1. The van der Waals surface area contributed by atoms with E-state index in [1.807, 2.05) is 55.4 Å². The van der Waals surface area contributed by atoms with Crippen molar-refractivity contribution in [3.8, 4) is 0 Å². The molecule has 1 unspecified atom stereocenters.